The first-order valence-electron chi connectivity index (χ1n) is 10.5. The quantitative estimate of drug-likeness (QED) is 0.800. The largest absolute Gasteiger partial charge is 0.349 e. The Hall–Kier alpha value is -2.82. The van der Waals surface area contributed by atoms with E-state index < -0.39 is 0 Å². The molecule has 1 unspecified atom stereocenters. The topological polar surface area (TPSA) is 61.4 Å². The summed E-state index contributed by atoms with van der Waals surface area (Å²) in [6.45, 7) is 4.08. The number of anilines is 1. The number of rotatable bonds is 3. The minimum Gasteiger partial charge on any atom is -0.349 e. The van der Waals surface area contributed by atoms with E-state index in [1.807, 2.05) is 61.2 Å². The molecule has 2 aliphatic rings. The fourth-order valence-corrected chi connectivity index (χ4v) is 4.92. The van der Waals surface area contributed by atoms with Gasteiger partial charge in [0.2, 0.25) is 0 Å². The van der Waals surface area contributed by atoms with E-state index >= 15 is 0 Å². The van der Waals surface area contributed by atoms with Gasteiger partial charge < -0.3 is 15.5 Å². The van der Waals surface area contributed by atoms with Crippen molar-refractivity contribution in [3.8, 4) is 0 Å². The second-order valence-electron chi connectivity index (χ2n) is 8.46. The van der Waals surface area contributed by atoms with Gasteiger partial charge in [-0.2, -0.15) is 0 Å². The number of amides is 3. The highest BCUT2D eigenvalue weighted by Gasteiger charge is 2.41. The van der Waals surface area contributed by atoms with E-state index in [-0.39, 0.29) is 30.1 Å². The van der Waals surface area contributed by atoms with Gasteiger partial charge in [0, 0.05) is 29.4 Å². The van der Waals surface area contributed by atoms with E-state index in [1.54, 1.807) is 0 Å². The van der Waals surface area contributed by atoms with Gasteiger partial charge in [-0.15, -0.1) is 0 Å². The Morgan fingerprint density at radius 3 is 2.17 bits per heavy atom. The molecule has 2 N–H and O–H groups in total. The Morgan fingerprint density at radius 2 is 1.55 bits per heavy atom. The molecular weight excluding hydrogens is 362 g/mol. The van der Waals surface area contributed by atoms with Gasteiger partial charge in [0.15, 0.2) is 0 Å². The molecule has 152 valence electrons. The first-order chi connectivity index (χ1) is 14.0. The number of fused-ring (bicyclic) bond motifs is 2. The number of nitrogens with one attached hydrogen (secondary N) is 2. The summed E-state index contributed by atoms with van der Waals surface area (Å²) in [4.78, 5) is 27.7. The number of urea groups is 1. The molecule has 0 saturated carbocycles. The Balaban J connectivity index is 1.43. The molecule has 5 heteroatoms. The molecule has 0 radical (unpaired) electrons. The summed E-state index contributed by atoms with van der Waals surface area (Å²) in [7, 11) is 0. The predicted octanol–water partition coefficient (Wildman–Crippen LogP) is 4.65. The van der Waals surface area contributed by atoms with Gasteiger partial charge >= 0.3 is 6.03 Å². The summed E-state index contributed by atoms with van der Waals surface area (Å²) in [6.07, 6.45) is 4.76. The van der Waals surface area contributed by atoms with Gasteiger partial charge in [-0.25, -0.2) is 4.79 Å². The maximum absolute atomic E-state index is 13.1. The van der Waals surface area contributed by atoms with Gasteiger partial charge in [-0.05, 0) is 81.3 Å². The SMILES string of the molecule is Cc1cc(C)cc(NC(=O)N2[C@@H]3CCC[C@H]2CC(NC(=O)c2ccccc2)C3)c1. The second kappa shape index (κ2) is 8.27. The average Bonchev–Trinajstić information content (AvgIpc) is 2.67. The van der Waals surface area contributed by atoms with Crippen molar-refractivity contribution in [2.24, 2.45) is 0 Å². The average molecular weight is 392 g/mol. The van der Waals surface area contributed by atoms with Crippen LogP contribution in [0.3, 0.4) is 0 Å². The minimum atomic E-state index is -0.0261. The second-order valence-corrected chi connectivity index (χ2v) is 8.46. The third-order valence-corrected chi connectivity index (χ3v) is 6.05. The van der Waals surface area contributed by atoms with Crippen LogP contribution >= 0.6 is 0 Å². The Labute approximate surface area is 172 Å². The zero-order chi connectivity index (χ0) is 20.4. The maximum Gasteiger partial charge on any atom is 0.322 e. The molecule has 2 heterocycles. The van der Waals surface area contributed by atoms with Crippen molar-refractivity contribution in [1.29, 1.82) is 0 Å². The molecule has 2 aliphatic heterocycles. The van der Waals surface area contributed by atoms with E-state index in [2.05, 4.69) is 16.7 Å². The summed E-state index contributed by atoms with van der Waals surface area (Å²) in [5.41, 5.74) is 3.82. The van der Waals surface area contributed by atoms with Crippen LogP contribution in [-0.2, 0) is 0 Å². The molecule has 0 aromatic heterocycles. The Kier molecular flexibility index (Phi) is 5.56. The van der Waals surface area contributed by atoms with E-state index in [0.717, 1.165) is 48.9 Å². The number of hydrogen-bond acceptors (Lipinski definition) is 2. The predicted molar refractivity (Wildman–Crippen MR) is 115 cm³/mol. The van der Waals surface area contributed by atoms with Crippen LogP contribution in [0.15, 0.2) is 48.5 Å². The van der Waals surface area contributed by atoms with Gasteiger partial charge in [0.1, 0.15) is 0 Å². The normalized spacial score (nSPS) is 23.4. The summed E-state index contributed by atoms with van der Waals surface area (Å²) in [5.74, 6) is -0.0261. The first kappa shape index (κ1) is 19.5. The molecule has 0 aliphatic carbocycles. The van der Waals surface area contributed by atoms with Gasteiger partial charge in [0.05, 0.1) is 0 Å². The lowest BCUT2D eigenvalue weighted by Gasteiger charge is -2.48. The van der Waals surface area contributed by atoms with Gasteiger partial charge in [-0.1, -0.05) is 24.3 Å². The zero-order valence-electron chi connectivity index (χ0n) is 17.2. The highest BCUT2D eigenvalue weighted by atomic mass is 16.2. The van der Waals surface area contributed by atoms with Gasteiger partial charge in [0.25, 0.3) is 5.91 Å². The van der Waals surface area contributed by atoms with Crippen LogP contribution in [0, 0.1) is 13.8 Å². The summed E-state index contributed by atoms with van der Waals surface area (Å²) < 4.78 is 0. The summed E-state index contributed by atoms with van der Waals surface area (Å²) in [5, 5.41) is 6.29. The lowest BCUT2D eigenvalue weighted by molar-refractivity contribution is 0.0577. The molecule has 2 bridgehead atoms. The van der Waals surface area contributed by atoms with Crippen LogP contribution in [0.2, 0.25) is 0 Å². The highest BCUT2D eigenvalue weighted by molar-refractivity contribution is 5.94. The van der Waals surface area contributed by atoms with E-state index in [9.17, 15) is 9.59 Å². The maximum atomic E-state index is 13.1. The molecule has 5 nitrogen and oxygen atoms in total. The molecule has 2 saturated heterocycles. The van der Waals surface area contributed by atoms with Crippen LogP contribution < -0.4 is 10.6 Å². The molecule has 3 atom stereocenters. The van der Waals surface area contributed by atoms with E-state index in [0.29, 0.717) is 5.56 Å². The molecule has 0 spiro atoms. The highest BCUT2D eigenvalue weighted by Crippen LogP contribution is 2.34. The van der Waals surface area contributed by atoms with Crippen molar-refractivity contribution in [1.82, 2.24) is 10.2 Å². The fraction of sp³-hybridized carbons (Fsp3) is 0.417. The zero-order valence-corrected chi connectivity index (χ0v) is 17.2. The number of nitrogens with zero attached hydrogens (tertiary/aromatic N) is 1. The molecule has 2 fully saturated rings. The number of carbonyl (C=O) groups is 2. The molecule has 2 aromatic rings. The Bertz CT molecular complexity index is 862. The lowest BCUT2D eigenvalue weighted by atomic mass is 9.82. The van der Waals surface area contributed by atoms with Crippen LogP contribution in [0.25, 0.3) is 0 Å². The minimum absolute atomic E-state index is 0.0162. The standard InChI is InChI=1S/C24H29N3O2/c1-16-11-17(2)13-19(12-16)26-24(29)27-21-9-6-10-22(27)15-20(14-21)25-23(28)18-7-4-3-5-8-18/h3-5,7-8,11-13,20-22H,6,9-10,14-15H2,1-2H3,(H,25,28)(H,26,29)/t20?,21-,22+. The molecule has 3 amide bonds. The number of benzene rings is 2. The number of carbonyl (C=O) groups excluding carboxylic acids is 2. The van der Waals surface area contributed by atoms with Crippen molar-refractivity contribution in [3.63, 3.8) is 0 Å². The monoisotopic (exact) mass is 391 g/mol. The molecule has 29 heavy (non-hydrogen) atoms. The lowest BCUT2D eigenvalue weighted by Crippen LogP contribution is -2.59. The van der Waals surface area contributed by atoms with Crippen molar-refractivity contribution >= 4 is 17.6 Å². The van der Waals surface area contributed by atoms with Gasteiger partial charge in [-0.3, -0.25) is 4.79 Å². The van der Waals surface area contributed by atoms with E-state index in [1.165, 1.54) is 0 Å². The third kappa shape index (κ3) is 4.44. The molecule has 2 aromatic carbocycles. The van der Waals surface area contributed by atoms with Crippen LogP contribution in [0.4, 0.5) is 10.5 Å². The summed E-state index contributed by atoms with van der Waals surface area (Å²) in [6, 6.07) is 15.9. The van der Waals surface area contributed by atoms with Crippen LogP contribution in [0.5, 0.6) is 0 Å². The fourth-order valence-electron chi connectivity index (χ4n) is 4.92. The van der Waals surface area contributed by atoms with Crippen molar-refractivity contribution < 1.29 is 9.59 Å². The van der Waals surface area contributed by atoms with E-state index in [4.69, 9.17) is 0 Å². The molecule has 4 rings (SSSR count). The van der Waals surface area contributed by atoms with Crippen molar-refractivity contribution in [2.45, 2.75) is 64.1 Å². The number of aryl methyl sites for hydroxylation is 2. The number of piperidine rings is 2. The smallest absolute Gasteiger partial charge is 0.322 e. The first-order valence-corrected chi connectivity index (χ1v) is 10.5. The summed E-state index contributed by atoms with van der Waals surface area (Å²) >= 11 is 0. The van der Waals surface area contributed by atoms with Crippen molar-refractivity contribution in [3.05, 3.63) is 65.2 Å². The third-order valence-electron chi connectivity index (χ3n) is 6.05. The Morgan fingerprint density at radius 1 is 0.931 bits per heavy atom. The van der Waals surface area contributed by atoms with Crippen molar-refractivity contribution in [2.75, 3.05) is 5.32 Å². The van der Waals surface area contributed by atoms with Crippen LogP contribution in [0.1, 0.15) is 53.6 Å². The number of hydrogen-bond donors (Lipinski definition) is 2. The molecular formula is C24H29N3O2. The van der Waals surface area contributed by atoms with Crippen LogP contribution in [-0.4, -0.2) is 35.0 Å².